The highest BCUT2D eigenvalue weighted by atomic mass is 16.2. The highest BCUT2D eigenvalue weighted by Crippen LogP contribution is 2.26. The summed E-state index contributed by atoms with van der Waals surface area (Å²) in [7, 11) is 0. The normalized spacial score (nSPS) is 27.2. The van der Waals surface area contributed by atoms with Crippen molar-refractivity contribution >= 4 is 5.91 Å². The van der Waals surface area contributed by atoms with Gasteiger partial charge in [-0.05, 0) is 25.7 Å². The van der Waals surface area contributed by atoms with E-state index in [2.05, 4.69) is 0 Å². The molecule has 2 nitrogen and oxygen atoms in total. The molecule has 0 radical (unpaired) electrons. The molecule has 2 saturated heterocycles. The molecule has 2 aliphatic rings. The number of nitrogens with zero attached hydrogens (tertiary/aromatic N) is 1. The first-order valence-corrected chi connectivity index (χ1v) is 4.17. The van der Waals surface area contributed by atoms with Gasteiger partial charge in [-0.1, -0.05) is 0 Å². The van der Waals surface area contributed by atoms with E-state index in [4.69, 9.17) is 0 Å². The van der Waals surface area contributed by atoms with Gasteiger partial charge in [0.05, 0.1) is 0 Å². The van der Waals surface area contributed by atoms with Crippen molar-refractivity contribution in [3.05, 3.63) is 0 Å². The minimum atomic E-state index is 0.405. The second-order valence-electron chi connectivity index (χ2n) is 3.31. The molecule has 0 saturated carbocycles. The van der Waals surface area contributed by atoms with Crippen LogP contribution >= 0.6 is 0 Å². The summed E-state index contributed by atoms with van der Waals surface area (Å²) >= 11 is 0. The molecule has 2 rings (SSSR count). The van der Waals surface area contributed by atoms with E-state index in [1.54, 1.807) is 0 Å². The number of amides is 1. The predicted molar refractivity (Wildman–Crippen MR) is 38.5 cm³/mol. The van der Waals surface area contributed by atoms with Gasteiger partial charge in [-0.2, -0.15) is 0 Å². The maximum absolute atomic E-state index is 11.3. The summed E-state index contributed by atoms with van der Waals surface area (Å²) < 4.78 is 0. The quantitative estimate of drug-likeness (QED) is 0.490. The largest absolute Gasteiger partial charge is 0.342 e. The first-order valence-electron chi connectivity index (χ1n) is 4.17. The molecule has 2 heterocycles. The number of rotatable bonds is 0. The third-order valence-corrected chi connectivity index (χ3v) is 2.62. The van der Waals surface area contributed by atoms with E-state index in [0.29, 0.717) is 11.8 Å². The maximum atomic E-state index is 11.3. The zero-order valence-electron chi connectivity index (χ0n) is 6.18. The monoisotopic (exact) mass is 139 g/mol. The van der Waals surface area contributed by atoms with Crippen molar-refractivity contribution in [2.75, 3.05) is 13.1 Å². The molecule has 1 amide bonds. The molecule has 56 valence electrons. The van der Waals surface area contributed by atoms with Crippen molar-refractivity contribution in [2.45, 2.75) is 25.7 Å². The van der Waals surface area contributed by atoms with Gasteiger partial charge in [-0.3, -0.25) is 4.79 Å². The molecule has 10 heavy (non-hydrogen) atoms. The van der Waals surface area contributed by atoms with Crippen LogP contribution in [0.3, 0.4) is 0 Å². The molecule has 0 aromatic rings. The van der Waals surface area contributed by atoms with Gasteiger partial charge in [0, 0.05) is 19.0 Å². The minimum Gasteiger partial charge on any atom is -0.342 e. The number of carbonyl (C=O) groups is 1. The SMILES string of the molecule is O=C1C2CCCN1CCC2. The molecule has 0 atom stereocenters. The van der Waals surface area contributed by atoms with E-state index in [-0.39, 0.29) is 0 Å². The van der Waals surface area contributed by atoms with Crippen LogP contribution in [0, 0.1) is 5.92 Å². The fraction of sp³-hybridized carbons (Fsp3) is 0.875. The average molecular weight is 139 g/mol. The molecule has 0 unspecified atom stereocenters. The summed E-state index contributed by atoms with van der Waals surface area (Å²) in [5.41, 5.74) is 0. The standard InChI is InChI=1S/C8H13NO/c10-8-7-3-1-5-9(8)6-2-4-7/h7H,1-6H2. The highest BCUT2D eigenvalue weighted by molar-refractivity contribution is 5.80. The Hall–Kier alpha value is -0.530. The number of hydrogen-bond acceptors (Lipinski definition) is 1. The van der Waals surface area contributed by atoms with Crippen LogP contribution in [0.5, 0.6) is 0 Å². The zero-order chi connectivity index (χ0) is 6.97. The number of fused-ring (bicyclic) bond motifs is 2. The number of carbonyl (C=O) groups excluding carboxylic acids is 1. The van der Waals surface area contributed by atoms with Crippen LogP contribution < -0.4 is 0 Å². The number of piperidine rings is 2. The van der Waals surface area contributed by atoms with Crippen molar-refractivity contribution in [1.82, 2.24) is 4.90 Å². The lowest BCUT2D eigenvalue weighted by Gasteiger charge is -2.36. The Morgan fingerprint density at radius 1 is 1.20 bits per heavy atom. The fourth-order valence-corrected chi connectivity index (χ4v) is 2.04. The van der Waals surface area contributed by atoms with E-state index < -0.39 is 0 Å². The third kappa shape index (κ3) is 0.825. The Morgan fingerprint density at radius 3 is 2.20 bits per heavy atom. The summed E-state index contributed by atoms with van der Waals surface area (Å²) in [4.78, 5) is 13.4. The van der Waals surface area contributed by atoms with Crippen molar-refractivity contribution in [3.63, 3.8) is 0 Å². The molecular formula is C8H13NO. The van der Waals surface area contributed by atoms with E-state index in [1.807, 2.05) is 4.90 Å². The molecule has 0 spiro atoms. The Labute approximate surface area is 61.2 Å². The van der Waals surface area contributed by atoms with Gasteiger partial charge in [0.1, 0.15) is 0 Å². The molecule has 2 fully saturated rings. The maximum Gasteiger partial charge on any atom is 0.225 e. The van der Waals surface area contributed by atoms with E-state index >= 15 is 0 Å². The van der Waals surface area contributed by atoms with Crippen LogP contribution in [-0.4, -0.2) is 23.9 Å². The molecule has 2 bridgehead atoms. The minimum absolute atomic E-state index is 0.405. The second kappa shape index (κ2) is 2.26. The molecule has 2 aliphatic heterocycles. The van der Waals surface area contributed by atoms with Crippen LogP contribution in [0.1, 0.15) is 25.7 Å². The molecule has 0 aliphatic carbocycles. The van der Waals surface area contributed by atoms with Crippen LogP contribution in [-0.2, 0) is 4.79 Å². The Kier molecular flexibility index (Phi) is 1.40. The molecule has 0 N–H and O–H groups in total. The summed E-state index contributed by atoms with van der Waals surface area (Å²) in [6, 6.07) is 0. The van der Waals surface area contributed by atoms with Crippen molar-refractivity contribution in [1.29, 1.82) is 0 Å². The lowest BCUT2D eigenvalue weighted by molar-refractivity contribution is -0.141. The highest BCUT2D eigenvalue weighted by Gasteiger charge is 2.31. The number of hydrogen-bond donors (Lipinski definition) is 0. The molecular weight excluding hydrogens is 126 g/mol. The third-order valence-electron chi connectivity index (χ3n) is 2.62. The Morgan fingerprint density at radius 2 is 1.80 bits per heavy atom. The van der Waals surface area contributed by atoms with E-state index in [1.165, 1.54) is 12.8 Å². The van der Waals surface area contributed by atoms with Crippen molar-refractivity contribution in [2.24, 2.45) is 5.92 Å². The Bertz CT molecular complexity index is 131. The van der Waals surface area contributed by atoms with Crippen LogP contribution in [0.2, 0.25) is 0 Å². The molecule has 0 aromatic heterocycles. The smallest absolute Gasteiger partial charge is 0.225 e. The van der Waals surface area contributed by atoms with Gasteiger partial charge in [-0.15, -0.1) is 0 Å². The first-order chi connectivity index (χ1) is 4.88. The predicted octanol–water partition coefficient (Wildman–Crippen LogP) is 1.02. The van der Waals surface area contributed by atoms with Crippen LogP contribution in [0.25, 0.3) is 0 Å². The summed E-state index contributed by atoms with van der Waals surface area (Å²) in [5, 5.41) is 0. The summed E-state index contributed by atoms with van der Waals surface area (Å²) in [6.07, 6.45) is 4.76. The van der Waals surface area contributed by atoms with Gasteiger partial charge < -0.3 is 4.90 Å². The first kappa shape index (κ1) is 6.20. The zero-order valence-corrected chi connectivity index (χ0v) is 6.18. The van der Waals surface area contributed by atoms with Crippen LogP contribution in [0.15, 0.2) is 0 Å². The van der Waals surface area contributed by atoms with Gasteiger partial charge >= 0.3 is 0 Å². The molecule has 0 aromatic carbocycles. The van der Waals surface area contributed by atoms with Gasteiger partial charge in [-0.25, -0.2) is 0 Å². The van der Waals surface area contributed by atoms with Crippen LogP contribution in [0.4, 0.5) is 0 Å². The second-order valence-corrected chi connectivity index (χ2v) is 3.31. The topological polar surface area (TPSA) is 20.3 Å². The summed E-state index contributed by atoms with van der Waals surface area (Å²) in [5.74, 6) is 0.833. The van der Waals surface area contributed by atoms with E-state index in [0.717, 1.165) is 25.9 Å². The van der Waals surface area contributed by atoms with E-state index in [9.17, 15) is 4.79 Å². The Balaban J connectivity index is 2.12. The van der Waals surface area contributed by atoms with Crippen molar-refractivity contribution in [3.8, 4) is 0 Å². The fourth-order valence-electron chi connectivity index (χ4n) is 2.04. The van der Waals surface area contributed by atoms with Gasteiger partial charge in [0.25, 0.3) is 0 Å². The summed E-state index contributed by atoms with van der Waals surface area (Å²) in [6.45, 7) is 2.05. The molecule has 2 heteroatoms. The van der Waals surface area contributed by atoms with Gasteiger partial charge in [0.15, 0.2) is 0 Å². The lowest BCUT2D eigenvalue weighted by atomic mass is 9.89. The van der Waals surface area contributed by atoms with Gasteiger partial charge in [0.2, 0.25) is 5.91 Å². The average Bonchev–Trinajstić information content (AvgIpc) is 1.86. The van der Waals surface area contributed by atoms with Crippen molar-refractivity contribution < 1.29 is 4.79 Å². The lowest BCUT2D eigenvalue weighted by Crippen LogP contribution is -2.45.